The van der Waals surface area contributed by atoms with E-state index in [1.165, 1.54) is 15.8 Å². The summed E-state index contributed by atoms with van der Waals surface area (Å²) in [6.45, 7) is 4.84. The average Bonchev–Trinajstić information content (AvgIpc) is 3.31. The minimum atomic E-state index is -0.870. The maximum Gasteiger partial charge on any atom is 0.325 e. The largest absolute Gasteiger partial charge is 0.480 e. The number of hydrogen-bond acceptors (Lipinski definition) is 4. The summed E-state index contributed by atoms with van der Waals surface area (Å²) in [5, 5.41) is 17.9. The third kappa shape index (κ3) is 4.31. The quantitative estimate of drug-likeness (QED) is 0.713. The van der Waals surface area contributed by atoms with Gasteiger partial charge in [0.2, 0.25) is 0 Å². The van der Waals surface area contributed by atoms with E-state index >= 15 is 0 Å². The van der Waals surface area contributed by atoms with Crippen LogP contribution in [0.3, 0.4) is 0 Å². The number of likely N-dealkylation sites (tertiary alicyclic amines) is 1. The Morgan fingerprint density at radius 1 is 1.32 bits per heavy atom. The number of aryl methyl sites for hydroxylation is 1. The highest BCUT2D eigenvalue weighted by Gasteiger charge is 2.23. The molecular weight excluding hydrogens is 354 g/mol. The highest BCUT2D eigenvalue weighted by molar-refractivity contribution is 5.66. The van der Waals surface area contributed by atoms with Crippen molar-refractivity contribution in [3.05, 3.63) is 65.7 Å². The second-order valence-electron chi connectivity index (χ2n) is 7.54. The SMILES string of the molecule is Cc1cccc(-n2cc(CN3CCC[C@@H](c4ccn(CC(=O)O)n4)C3)cn2)c1. The van der Waals surface area contributed by atoms with Crippen LogP contribution in [0.4, 0.5) is 0 Å². The van der Waals surface area contributed by atoms with E-state index < -0.39 is 5.97 Å². The molecule has 0 aliphatic carbocycles. The summed E-state index contributed by atoms with van der Waals surface area (Å²) in [4.78, 5) is 13.3. The molecule has 7 heteroatoms. The number of aliphatic carboxylic acids is 1. The number of carbonyl (C=O) groups is 1. The molecule has 1 N–H and O–H groups in total. The first kappa shape index (κ1) is 18.4. The van der Waals surface area contributed by atoms with Crippen LogP contribution >= 0.6 is 0 Å². The normalized spacial score (nSPS) is 17.7. The molecule has 7 nitrogen and oxygen atoms in total. The molecule has 0 unspecified atom stereocenters. The van der Waals surface area contributed by atoms with Gasteiger partial charge in [0.25, 0.3) is 0 Å². The highest BCUT2D eigenvalue weighted by Crippen LogP contribution is 2.26. The van der Waals surface area contributed by atoms with E-state index in [0.717, 1.165) is 43.9 Å². The van der Waals surface area contributed by atoms with Gasteiger partial charge in [0.05, 0.1) is 17.6 Å². The third-order valence-corrected chi connectivity index (χ3v) is 5.19. The first-order valence-corrected chi connectivity index (χ1v) is 9.65. The fourth-order valence-corrected chi connectivity index (χ4v) is 3.87. The van der Waals surface area contributed by atoms with Crippen molar-refractivity contribution >= 4 is 5.97 Å². The Morgan fingerprint density at radius 2 is 2.21 bits per heavy atom. The van der Waals surface area contributed by atoms with Gasteiger partial charge in [-0.05, 0) is 50.1 Å². The zero-order valence-electron chi connectivity index (χ0n) is 16.0. The molecule has 28 heavy (non-hydrogen) atoms. The van der Waals surface area contributed by atoms with Crippen molar-refractivity contribution in [3.8, 4) is 5.69 Å². The van der Waals surface area contributed by atoms with Crippen LogP contribution in [-0.2, 0) is 17.9 Å². The van der Waals surface area contributed by atoms with E-state index in [1.54, 1.807) is 6.20 Å². The van der Waals surface area contributed by atoms with E-state index in [0.29, 0.717) is 5.92 Å². The van der Waals surface area contributed by atoms with Crippen molar-refractivity contribution in [2.24, 2.45) is 0 Å². The van der Waals surface area contributed by atoms with Gasteiger partial charge >= 0.3 is 5.97 Å². The zero-order chi connectivity index (χ0) is 19.5. The molecule has 1 fully saturated rings. The molecule has 1 atom stereocenters. The maximum absolute atomic E-state index is 10.9. The highest BCUT2D eigenvalue weighted by atomic mass is 16.4. The van der Waals surface area contributed by atoms with Crippen molar-refractivity contribution in [2.45, 2.75) is 38.8 Å². The number of benzene rings is 1. The van der Waals surface area contributed by atoms with Gasteiger partial charge in [-0.1, -0.05) is 12.1 Å². The van der Waals surface area contributed by atoms with Crippen LogP contribution in [0.25, 0.3) is 5.69 Å². The Bertz CT molecular complexity index is 961. The second kappa shape index (κ2) is 7.98. The molecule has 146 valence electrons. The molecule has 0 saturated carbocycles. The molecule has 1 aliphatic heterocycles. The van der Waals surface area contributed by atoms with Crippen LogP contribution in [0.5, 0.6) is 0 Å². The molecular formula is C21H25N5O2. The lowest BCUT2D eigenvalue weighted by molar-refractivity contribution is -0.137. The van der Waals surface area contributed by atoms with Crippen LogP contribution < -0.4 is 0 Å². The van der Waals surface area contributed by atoms with Crippen LogP contribution in [-0.4, -0.2) is 48.6 Å². The number of carboxylic acid groups (broad SMARTS) is 1. The first-order chi connectivity index (χ1) is 13.6. The predicted molar refractivity (Wildman–Crippen MR) is 105 cm³/mol. The molecule has 0 radical (unpaired) electrons. The first-order valence-electron chi connectivity index (χ1n) is 9.65. The van der Waals surface area contributed by atoms with Crippen LogP contribution in [0, 0.1) is 6.92 Å². The van der Waals surface area contributed by atoms with Gasteiger partial charge in [-0.15, -0.1) is 0 Å². The lowest BCUT2D eigenvalue weighted by Gasteiger charge is -2.31. The summed E-state index contributed by atoms with van der Waals surface area (Å²) in [6.07, 6.45) is 7.99. The van der Waals surface area contributed by atoms with E-state index in [2.05, 4.69) is 46.4 Å². The standard InChI is InChI=1S/C21H25N5O2/c1-16-4-2-6-19(10-16)26-13-17(11-22-26)12-24-8-3-5-18(14-24)20-7-9-25(23-20)15-21(27)28/h2,4,6-7,9-11,13,18H,3,5,8,12,14-15H2,1H3,(H,27,28)/t18-/m1/s1. The maximum atomic E-state index is 10.9. The van der Waals surface area contributed by atoms with Crippen molar-refractivity contribution in [1.82, 2.24) is 24.5 Å². The molecule has 4 rings (SSSR count). The van der Waals surface area contributed by atoms with Gasteiger partial charge in [0.15, 0.2) is 0 Å². The number of rotatable bonds is 6. The smallest absolute Gasteiger partial charge is 0.325 e. The average molecular weight is 379 g/mol. The van der Waals surface area contributed by atoms with Gasteiger partial charge in [0.1, 0.15) is 6.54 Å². The number of piperidine rings is 1. The lowest BCUT2D eigenvalue weighted by Crippen LogP contribution is -2.34. The Kier molecular flexibility index (Phi) is 5.25. The molecule has 3 aromatic rings. The number of nitrogens with zero attached hydrogens (tertiary/aromatic N) is 5. The molecule has 1 saturated heterocycles. The molecule has 0 amide bonds. The van der Waals surface area contributed by atoms with E-state index in [-0.39, 0.29) is 6.54 Å². The number of carboxylic acids is 1. The molecule has 1 aromatic carbocycles. The fraction of sp³-hybridized carbons (Fsp3) is 0.381. The summed E-state index contributed by atoms with van der Waals surface area (Å²) in [7, 11) is 0. The molecule has 3 heterocycles. The minimum Gasteiger partial charge on any atom is -0.480 e. The summed E-state index contributed by atoms with van der Waals surface area (Å²) in [5.74, 6) is -0.527. The van der Waals surface area contributed by atoms with Crippen molar-refractivity contribution in [2.75, 3.05) is 13.1 Å². The van der Waals surface area contributed by atoms with Crippen molar-refractivity contribution in [3.63, 3.8) is 0 Å². The second-order valence-corrected chi connectivity index (χ2v) is 7.54. The Labute approximate surface area is 164 Å². The summed E-state index contributed by atoms with van der Waals surface area (Å²) >= 11 is 0. The minimum absolute atomic E-state index is 0.0887. The van der Waals surface area contributed by atoms with Gasteiger partial charge in [-0.25, -0.2) is 4.68 Å². The molecule has 2 aromatic heterocycles. The fourth-order valence-electron chi connectivity index (χ4n) is 3.87. The van der Waals surface area contributed by atoms with E-state index in [9.17, 15) is 4.79 Å². The monoisotopic (exact) mass is 379 g/mol. The topological polar surface area (TPSA) is 76.2 Å². The molecule has 0 bridgehead atoms. The van der Waals surface area contributed by atoms with Crippen LogP contribution in [0.15, 0.2) is 48.9 Å². The van der Waals surface area contributed by atoms with Crippen LogP contribution in [0.2, 0.25) is 0 Å². The van der Waals surface area contributed by atoms with Gasteiger partial charge < -0.3 is 5.11 Å². The van der Waals surface area contributed by atoms with Gasteiger partial charge in [-0.3, -0.25) is 14.4 Å². The predicted octanol–water partition coefficient (Wildman–Crippen LogP) is 2.84. The Hall–Kier alpha value is -2.93. The summed E-state index contributed by atoms with van der Waals surface area (Å²) < 4.78 is 3.43. The Balaban J connectivity index is 1.40. The van der Waals surface area contributed by atoms with E-state index in [4.69, 9.17) is 5.11 Å². The number of hydrogen-bond donors (Lipinski definition) is 1. The molecule has 0 spiro atoms. The number of aromatic nitrogens is 4. The van der Waals surface area contributed by atoms with Crippen molar-refractivity contribution in [1.29, 1.82) is 0 Å². The lowest BCUT2D eigenvalue weighted by atomic mass is 9.95. The van der Waals surface area contributed by atoms with Crippen molar-refractivity contribution < 1.29 is 9.90 Å². The van der Waals surface area contributed by atoms with Crippen LogP contribution in [0.1, 0.15) is 35.6 Å². The third-order valence-electron chi connectivity index (χ3n) is 5.19. The Morgan fingerprint density at radius 3 is 3.04 bits per heavy atom. The zero-order valence-corrected chi connectivity index (χ0v) is 16.0. The van der Waals surface area contributed by atoms with Gasteiger partial charge in [-0.2, -0.15) is 10.2 Å². The van der Waals surface area contributed by atoms with E-state index in [1.807, 2.05) is 23.0 Å². The molecule has 1 aliphatic rings. The van der Waals surface area contributed by atoms with Gasteiger partial charge in [0, 0.05) is 37.0 Å². The summed E-state index contributed by atoms with van der Waals surface area (Å²) in [6, 6.07) is 10.3. The summed E-state index contributed by atoms with van der Waals surface area (Å²) in [5.41, 5.74) is 4.47.